The Bertz CT molecular complexity index is 641. The van der Waals surface area contributed by atoms with Crippen molar-refractivity contribution in [2.24, 2.45) is 0 Å². The van der Waals surface area contributed by atoms with Gasteiger partial charge in [0.1, 0.15) is 11.6 Å². The van der Waals surface area contributed by atoms with Crippen LogP contribution in [0.3, 0.4) is 0 Å². The number of halogens is 3. The van der Waals surface area contributed by atoms with Crippen molar-refractivity contribution in [3.05, 3.63) is 58.6 Å². The third-order valence-electron chi connectivity index (χ3n) is 2.45. The van der Waals surface area contributed by atoms with Gasteiger partial charge in [0, 0.05) is 5.56 Å². The topological polar surface area (TPSA) is 26.3 Å². The van der Waals surface area contributed by atoms with Gasteiger partial charge in [-0.3, -0.25) is 4.79 Å². The van der Waals surface area contributed by atoms with Crippen LogP contribution < -0.4 is 4.74 Å². The van der Waals surface area contributed by atoms with Crippen LogP contribution in [0.4, 0.5) is 8.78 Å². The van der Waals surface area contributed by atoms with Crippen LogP contribution in [0.1, 0.15) is 17.3 Å². The lowest BCUT2D eigenvalue weighted by Crippen LogP contribution is -1.95. The van der Waals surface area contributed by atoms with Gasteiger partial charge in [-0.2, -0.15) is 0 Å². The average Bonchev–Trinajstić information content (AvgIpc) is 2.34. The number of carbonyl (C=O) groups is 1. The second kappa shape index (κ2) is 5.36. The van der Waals surface area contributed by atoms with Gasteiger partial charge < -0.3 is 4.74 Å². The van der Waals surface area contributed by atoms with E-state index in [1.54, 1.807) is 0 Å². The molecule has 0 aliphatic rings. The van der Waals surface area contributed by atoms with E-state index in [2.05, 4.69) is 0 Å². The molecule has 19 heavy (non-hydrogen) atoms. The van der Waals surface area contributed by atoms with E-state index < -0.39 is 11.6 Å². The number of Topliss-reactive ketones (excluding diaryl/α,β-unsaturated/α-hetero) is 1. The van der Waals surface area contributed by atoms with Gasteiger partial charge in [-0.15, -0.1) is 0 Å². The van der Waals surface area contributed by atoms with E-state index in [9.17, 15) is 13.6 Å². The van der Waals surface area contributed by atoms with Crippen molar-refractivity contribution in [2.75, 3.05) is 0 Å². The van der Waals surface area contributed by atoms with Gasteiger partial charge in [0.15, 0.2) is 17.3 Å². The van der Waals surface area contributed by atoms with E-state index in [1.807, 2.05) is 0 Å². The van der Waals surface area contributed by atoms with Gasteiger partial charge in [0.2, 0.25) is 0 Å². The second-order valence-corrected chi connectivity index (χ2v) is 4.29. The summed E-state index contributed by atoms with van der Waals surface area (Å²) in [6.07, 6.45) is 0. The van der Waals surface area contributed by atoms with Crippen LogP contribution >= 0.6 is 11.6 Å². The summed E-state index contributed by atoms with van der Waals surface area (Å²) in [5.74, 6) is -1.39. The fourth-order valence-electron chi connectivity index (χ4n) is 1.48. The summed E-state index contributed by atoms with van der Waals surface area (Å²) in [5, 5.41) is 0.0371. The minimum atomic E-state index is -0.687. The number of carbonyl (C=O) groups excluding carboxylic acids is 1. The standard InChI is InChI=1S/C14H9ClF2O2/c1-8(18)9-2-4-14(12(17)6-9)19-13-5-3-10(16)7-11(13)15/h2-7H,1H3. The SMILES string of the molecule is CC(=O)c1ccc(Oc2ccc(F)cc2Cl)c(F)c1. The van der Waals surface area contributed by atoms with Gasteiger partial charge in [-0.1, -0.05) is 11.6 Å². The lowest BCUT2D eigenvalue weighted by Gasteiger charge is -2.09. The Kier molecular flexibility index (Phi) is 3.81. The van der Waals surface area contributed by atoms with Crippen LogP contribution in [0, 0.1) is 11.6 Å². The number of hydrogen-bond donors (Lipinski definition) is 0. The van der Waals surface area contributed by atoms with E-state index in [0.29, 0.717) is 0 Å². The van der Waals surface area contributed by atoms with E-state index in [0.717, 1.165) is 18.2 Å². The van der Waals surface area contributed by atoms with E-state index in [-0.39, 0.29) is 27.9 Å². The van der Waals surface area contributed by atoms with Crippen molar-refractivity contribution >= 4 is 17.4 Å². The van der Waals surface area contributed by atoms with Crippen molar-refractivity contribution in [1.82, 2.24) is 0 Å². The second-order valence-electron chi connectivity index (χ2n) is 3.88. The molecule has 2 nitrogen and oxygen atoms in total. The molecule has 0 aliphatic heterocycles. The molecule has 0 radical (unpaired) electrons. The molecule has 0 amide bonds. The Morgan fingerprint density at radius 2 is 1.79 bits per heavy atom. The molecular weight excluding hydrogens is 274 g/mol. The normalized spacial score (nSPS) is 10.3. The molecular formula is C14H9ClF2O2. The molecule has 0 aromatic heterocycles. The lowest BCUT2D eigenvalue weighted by atomic mass is 10.1. The van der Waals surface area contributed by atoms with Crippen molar-refractivity contribution in [2.45, 2.75) is 6.92 Å². The first-order valence-electron chi connectivity index (χ1n) is 5.41. The highest BCUT2D eigenvalue weighted by molar-refractivity contribution is 6.32. The third kappa shape index (κ3) is 3.09. The van der Waals surface area contributed by atoms with Crippen LogP contribution in [0.25, 0.3) is 0 Å². The van der Waals surface area contributed by atoms with Gasteiger partial charge in [-0.05, 0) is 43.3 Å². The zero-order chi connectivity index (χ0) is 14.0. The molecule has 0 fully saturated rings. The summed E-state index contributed by atoms with van der Waals surface area (Å²) >= 11 is 5.77. The minimum Gasteiger partial charge on any atom is -0.453 e. The Labute approximate surface area is 113 Å². The van der Waals surface area contributed by atoms with Crippen LogP contribution in [-0.2, 0) is 0 Å². The average molecular weight is 283 g/mol. The quantitative estimate of drug-likeness (QED) is 0.768. The predicted molar refractivity (Wildman–Crippen MR) is 67.9 cm³/mol. The van der Waals surface area contributed by atoms with Crippen LogP contribution in [0.2, 0.25) is 5.02 Å². The highest BCUT2D eigenvalue weighted by Gasteiger charge is 2.10. The molecule has 98 valence electrons. The summed E-state index contributed by atoms with van der Waals surface area (Å²) in [6, 6.07) is 7.37. The molecule has 0 unspecified atom stereocenters. The predicted octanol–water partition coefficient (Wildman–Crippen LogP) is 4.61. The van der Waals surface area contributed by atoms with Crippen LogP contribution in [-0.4, -0.2) is 5.78 Å². The van der Waals surface area contributed by atoms with Crippen LogP contribution in [0.5, 0.6) is 11.5 Å². The van der Waals surface area contributed by atoms with Crippen molar-refractivity contribution < 1.29 is 18.3 Å². The number of rotatable bonds is 3. The maximum atomic E-state index is 13.7. The molecule has 2 aromatic carbocycles. The summed E-state index contributed by atoms with van der Waals surface area (Å²) in [4.78, 5) is 11.1. The van der Waals surface area contributed by atoms with Crippen molar-refractivity contribution in [3.8, 4) is 11.5 Å². The molecule has 0 bridgehead atoms. The third-order valence-corrected chi connectivity index (χ3v) is 2.75. The smallest absolute Gasteiger partial charge is 0.166 e. The van der Waals surface area contributed by atoms with E-state index >= 15 is 0 Å². The maximum absolute atomic E-state index is 13.7. The number of ether oxygens (including phenoxy) is 1. The first-order valence-corrected chi connectivity index (χ1v) is 5.78. The van der Waals surface area contributed by atoms with Gasteiger partial charge in [0.05, 0.1) is 5.02 Å². The molecule has 2 aromatic rings. The van der Waals surface area contributed by atoms with Crippen molar-refractivity contribution in [3.63, 3.8) is 0 Å². The molecule has 0 N–H and O–H groups in total. The molecule has 0 atom stereocenters. The Morgan fingerprint density at radius 3 is 2.37 bits per heavy atom. The molecule has 0 aliphatic carbocycles. The largest absolute Gasteiger partial charge is 0.453 e. The highest BCUT2D eigenvalue weighted by Crippen LogP contribution is 2.31. The molecule has 0 heterocycles. The van der Waals surface area contributed by atoms with E-state index in [4.69, 9.17) is 16.3 Å². The summed E-state index contributed by atoms with van der Waals surface area (Å²) in [5.41, 5.74) is 0.245. The number of benzene rings is 2. The van der Waals surface area contributed by atoms with Crippen LogP contribution in [0.15, 0.2) is 36.4 Å². The minimum absolute atomic E-state index is 0.0371. The fourth-order valence-corrected chi connectivity index (χ4v) is 1.68. The molecule has 0 spiro atoms. The molecule has 2 rings (SSSR count). The number of ketones is 1. The summed E-state index contributed by atoms with van der Waals surface area (Å²) in [6.45, 7) is 1.34. The van der Waals surface area contributed by atoms with Gasteiger partial charge >= 0.3 is 0 Å². The fraction of sp³-hybridized carbons (Fsp3) is 0.0714. The Balaban J connectivity index is 2.31. The first-order chi connectivity index (χ1) is 8.97. The zero-order valence-electron chi connectivity index (χ0n) is 9.91. The zero-order valence-corrected chi connectivity index (χ0v) is 10.7. The summed E-state index contributed by atoms with van der Waals surface area (Å²) < 4.78 is 31.8. The maximum Gasteiger partial charge on any atom is 0.166 e. The number of hydrogen-bond acceptors (Lipinski definition) is 2. The monoisotopic (exact) mass is 282 g/mol. The lowest BCUT2D eigenvalue weighted by molar-refractivity contribution is 0.101. The molecule has 0 saturated carbocycles. The summed E-state index contributed by atoms with van der Waals surface area (Å²) in [7, 11) is 0. The Morgan fingerprint density at radius 1 is 1.11 bits per heavy atom. The van der Waals surface area contributed by atoms with Crippen molar-refractivity contribution in [1.29, 1.82) is 0 Å². The van der Waals surface area contributed by atoms with Gasteiger partial charge in [0.25, 0.3) is 0 Å². The Hall–Kier alpha value is -1.94. The van der Waals surface area contributed by atoms with Gasteiger partial charge in [-0.25, -0.2) is 8.78 Å². The van der Waals surface area contributed by atoms with E-state index in [1.165, 1.54) is 25.1 Å². The molecule has 5 heteroatoms. The molecule has 0 saturated heterocycles. The highest BCUT2D eigenvalue weighted by atomic mass is 35.5. The first kappa shape index (κ1) is 13.5.